The molecule has 1 atom stereocenters. The first-order valence-corrected chi connectivity index (χ1v) is 6.20. The van der Waals surface area contributed by atoms with Crippen LogP contribution in [-0.2, 0) is 6.54 Å². The highest BCUT2D eigenvalue weighted by Gasteiger charge is 2.10. The summed E-state index contributed by atoms with van der Waals surface area (Å²) in [6.07, 6.45) is 3.58. The molecule has 0 aliphatic rings. The Labute approximate surface area is 113 Å². The van der Waals surface area contributed by atoms with Crippen molar-refractivity contribution in [3.8, 4) is 11.5 Å². The van der Waals surface area contributed by atoms with Gasteiger partial charge >= 0.3 is 0 Å². The predicted molar refractivity (Wildman–Crippen MR) is 74.2 cm³/mol. The average molecular weight is 258 g/mol. The molecule has 1 aromatic heterocycles. The number of phenols is 1. The fourth-order valence-electron chi connectivity index (χ4n) is 1.90. The van der Waals surface area contributed by atoms with E-state index in [0.29, 0.717) is 12.3 Å². The van der Waals surface area contributed by atoms with Crippen molar-refractivity contribution in [2.45, 2.75) is 19.5 Å². The van der Waals surface area contributed by atoms with Gasteiger partial charge in [0.15, 0.2) is 0 Å². The summed E-state index contributed by atoms with van der Waals surface area (Å²) in [4.78, 5) is 4.07. The van der Waals surface area contributed by atoms with Crippen molar-refractivity contribution in [3.63, 3.8) is 0 Å². The molecule has 100 valence electrons. The molecule has 4 nitrogen and oxygen atoms in total. The topological polar surface area (TPSA) is 54.4 Å². The fourth-order valence-corrected chi connectivity index (χ4v) is 1.90. The van der Waals surface area contributed by atoms with Crippen molar-refractivity contribution in [2.24, 2.45) is 0 Å². The van der Waals surface area contributed by atoms with E-state index in [2.05, 4.69) is 10.3 Å². The van der Waals surface area contributed by atoms with Crippen LogP contribution in [0.25, 0.3) is 0 Å². The van der Waals surface area contributed by atoms with E-state index in [1.807, 2.05) is 37.4 Å². The molecule has 4 heteroatoms. The Morgan fingerprint density at radius 3 is 2.84 bits per heavy atom. The van der Waals surface area contributed by atoms with E-state index in [9.17, 15) is 5.11 Å². The van der Waals surface area contributed by atoms with E-state index < -0.39 is 0 Å². The molecule has 0 amide bonds. The van der Waals surface area contributed by atoms with E-state index in [1.54, 1.807) is 19.4 Å². The van der Waals surface area contributed by atoms with Crippen LogP contribution in [0.4, 0.5) is 0 Å². The number of aromatic nitrogens is 1. The number of nitrogens with one attached hydrogen (secondary N) is 1. The summed E-state index contributed by atoms with van der Waals surface area (Å²) in [6.45, 7) is 2.72. The van der Waals surface area contributed by atoms with Gasteiger partial charge in [0.1, 0.15) is 11.5 Å². The Bertz CT molecular complexity index is 529. The van der Waals surface area contributed by atoms with E-state index in [1.165, 1.54) is 0 Å². The van der Waals surface area contributed by atoms with Gasteiger partial charge in [-0.15, -0.1) is 0 Å². The van der Waals surface area contributed by atoms with Crippen molar-refractivity contribution in [3.05, 3.63) is 53.9 Å². The summed E-state index contributed by atoms with van der Waals surface area (Å²) in [5.41, 5.74) is 1.96. The van der Waals surface area contributed by atoms with Gasteiger partial charge in [0, 0.05) is 36.6 Å². The molecule has 2 N–H and O–H groups in total. The Morgan fingerprint density at radius 2 is 2.21 bits per heavy atom. The lowest BCUT2D eigenvalue weighted by Crippen LogP contribution is -2.18. The molecular weight excluding hydrogens is 240 g/mol. The van der Waals surface area contributed by atoms with Gasteiger partial charge < -0.3 is 15.2 Å². The smallest absolute Gasteiger partial charge is 0.124 e. The number of ether oxygens (including phenoxy) is 1. The molecule has 2 rings (SSSR count). The maximum Gasteiger partial charge on any atom is 0.124 e. The molecule has 19 heavy (non-hydrogen) atoms. The van der Waals surface area contributed by atoms with Gasteiger partial charge in [0.25, 0.3) is 0 Å². The zero-order valence-electron chi connectivity index (χ0n) is 11.1. The van der Waals surface area contributed by atoms with Crippen molar-refractivity contribution < 1.29 is 9.84 Å². The van der Waals surface area contributed by atoms with Gasteiger partial charge in [-0.3, -0.25) is 4.98 Å². The summed E-state index contributed by atoms with van der Waals surface area (Å²) in [6, 6.07) is 9.31. The first-order valence-electron chi connectivity index (χ1n) is 6.20. The second kappa shape index (κ2) is 6.20. The molecular formula is C15H18N2O2. The van der Waals surface area contributed by atoms with Crippen LogP contribution < -0.4 is 10.1 Å². The molecule has 0 saturated heterocycles. The van der Waals surface area contributed by atoms with Gasteiger partial charge in [-0.05, 0) is 24.6 Å². The molecule has 0 saturated carbocycles. The molecule has 1 unspecified atom stereocenters. The van der Waals surface area contributed by atoms with Crippen LogP contribution in [0.5, 0.6) is 11.5 Å². The Kier molecular flexibility index (Phi) is 4.36. The number of hydrogen-bond acceptors (Lipinski definition) is 4. The van der Waals surface area contributed by atoms with E-state index in [-0.39, 0.29) is 11.8 Å². The third-order valence-corrected chi connectivity index (χ3v) is 3.04. The zero-order valence-corrected chi connectivity index (χ0v) is 11.1. The van der Waals surface area contributed by atoms with Crippen LogP contribution in [0.1, 0.15) is 24.1 Å². The third kappa shape index (κ3) is 3.45. The van der Waals surface area contributed by atoms with Gasteiger partial charge in [0.2, 0.25) is 0 Å². The van der Waals surface area contributed by atoms with Crippen molar-refractivity contribution >= 4 is 0 Å². The second-order valence-corrected chi connectivity index (χ2v) is 4.39. The zero-order chi connectivity index (χ0) is 13.7. The molecule has 0 aliphatic heterocycles. The summed E-state index contributed by atoms with van der Waals surface area (Å²) in [5.74, 6) is 0.895. The summed E-state index contributed by atoms with van der Waals surface area (Å²) >= 11 is 0. The minimum atomic E-state index is 0.0473. The number of pyridine rings is 1. The standard InChI is InChI=1S/C15H18N2O2/c1-11(17-10-12-4-3-7-16-9-12)14-6-5-13(19-2)8-15(14)18/h3-9,11,17-18H,10H2,1-2H3. The lowest BCUT2D eigenvalue weighted by atomic mass is 10.1. The van der Waals surface area contributed by atoms with Gasteiger partial charge in [0.05, 0.1) is 7.11 Å². The largest absolute Gasteiger partial charge is 0.507 e. The summed E-state index contributed by atoms with van der Waals surface area (Å²) in [7, 11) is 1.58. The lowest BCUT2D eigenvalue weighted by molar-refractivity contribution is 0.404. The number of rotatable bonds is 5. The molecule has 1 aromatic carbocycles. The number of methoxy groups -OCH3 is 1. The van der Waals surface area contributed by atoms with E-state index >= 15 is 0 Å². The second-order valence-electron chi connectivity index (χ2n) is 4.39. The SMILES string of the molecule is COc1ccc(C(C)NCc2cccnc2)c(O)c1. The number of aromatic hydroxyl groups is 1. The predicted octanol–water partition coefficient (Wildman–Crippen LogP) is 2.65. The average Bonchev–Trinajstić information content (AvgIpc) is 2.45. The molecule has 0 spiro atoms. The lowest BCUT2D eigenvalue weighted by Gasteiger charge is -2.16. The number of benzene rings is 1. The highest BCUT2D eigenvalue weighted by atomic mass is 16.5. The van der Waals surface area contributed by atoms with Crippen molar-refractivity contribution in [1.82, 2.24) is 10.3 Å². The van der Waals surface area contributed by atoms with Crippen molar-refractivity contribution in [1.29, 1.82) is 0 Å². The minimum Gasteiger partial charge on any atom is -0.507 e. The highest BCUT2D eigenvalue weighted by Crippen LogP contribution is 2.28. The van der Waals surface area contributed by atoms with Crippen LogP contribution in [0.15, 0.2) is 42.7 Å². The van der Waals surface area contributed by atoms with Crippen LogP contribution in [-0.4, -0.2) is 17.2 Å². The monoisotopic (exact) mass is 258 g/mol. The first-order chi connectivity index (χ1) is 9.20. The Hall–Kier alpha value is -2.07. The third-order valence-electron chi connectivity index (χ3n) is 3.04. The molecule has 0 fully saturated rings. The maximum absolute atomic E-state index is 9.96. The number of nitrogens with zero attached hydrogens (tertiary/aromatic N) is 1. The minimum absolute atomic E-state index is 0.0473. The Morgan fingerprint density at radius 1 is 1.37 bits per heavy atom. The number of hydrogen-bond donors (Lipinski definition) is 2. The summed E-state index contributed by atoms with van der Waals surface area (Å²) < 4.78 is 5.07. The van der Waals surface area contributed by atoms with Crippen LogP contribution in [0, 0.1) is 0 Å². The van der Waals surface area contributed by atoms with Gasteiger partial charge in [-0.2, -0.15) is 0 Å². The highest BCUT2D eigenvalue weighted by molar-refractivity contribution is 5.41. The van der Waals surface area contributed by atoms with Crippen molar-refractivity contribution in [2.75, 3.05) is 7.11 Å². The maximum atomic E-state index is 9.96. The molecule has 0 bridgehead atoms. The molecule has 1 heterocycles. The van der Waals surface area contributed by atoms with E-state index in [0.717, 1.165) is 11.1 Å². The number of phenolic OH excluding ortho intramolecular Hbond substituents is 1. The van der Waals surface area contributed by atoms with Crippen LogP contribution in [0.3, 0.4) is 0 Å². The molecule has 0 aliphatic carbocycles. The Balaban J connectivity index is 2.02. The summed E-state index contributed by atoms with van der Waals surface area (Å²) in [5, 5.41) is 13.3. The quantitative estimate of drug-likeness (QED) is 0.865. The molecule has 2 aromatic rings. The van der Waals surface area contributed by atoms with Crippen LogP contribution in [0.2, 0.25) is 0 Å². The van der Waals surface area contributed by atoms with Gasteiger partial charge in [-0.1, -0.05) is 12.1 Å². The molecule has 0 radical (unpaired) electrons. The normalized spacial score (nSPS) is 12.1. The van der Waals surface area contributed by atoms with Crippen LogP contribution >= 0.6 is 0 Å². The van der Waals surface area contributed by atoms with E-state index in [4.69, 9.17) is 4.74 Å². The van der Waals surface area contributed by atoms with Gasteiger partial charge in [-0.25, -0.2) is 0 Å². The first kappa shape index (κ1) is 13.4. The fraction of sp³-hybridized carbons (Fsp3) is 0.267.